The van der Waals surface area contributed by atoms with Gasteiger partial charge in [0.15, 0.2) is 0 Å². The molecule has 0 aromatic heterocycles. The number of amides is 1. The molecular formula is C16H24BrN3O4S. The summed E-state index contributed by atoms with van der Waals surface area (Å²) in [5.41, 5.74) is 1.55. The number of likely N-dealkylation sites (N-methyl/N-ethyl adjacent to an activating group) is 1. The summed E-state index contributed by atoms with van der Waals surface area (Å²) < 4.78 is 34.3. The minimum atomic E-state index is -3.71. The molecule has 1 aliphatic heterocycles. The Hall–Kier alpha value is -1.00. The van der Waals surface area contributed by atoms with Gasteiger partial charge in [-0.25, -0.2) is 0 Å². The van der Waals surface area contributed by atoms with Crippen molar-refractivity contribution in [1.29, 1.82) is 0 Å². The van der Waals surface area contributed by atoms with Crippen molar-refractivity contribution < 1.29 is 17.9 Å². The van der Waals surface area contributed by atoms with Gasteiger partial charge in [-0.1, -0.05) is 15.9 Å². The number of nitrogens with one attached hydrogen (secondary N) is 1. The maximum Gasteiger partial charge on any atom is 0.282 e. The van der Waals surface area contributed by atoms with Crippen molar-refractivity contribution in [3.05, 3.63) is 28.2 Å². The van der Waals surface area contributed by atoms with Gasteiger partial charge < -0.3 is 10.1 Å². The van der Waals surface area contributed by atoms with Gasteiger partial charge in [0.25, 0.3) is 10.2 Å². The molecule has 2 atom stereocenters. The van der Waals surface area contributed by atoms with E-state index < -0.39 is 10.2 Å². The number of carbonyl (C=O) groups excluding carboxylic acids is 1. The summed E-state index contributed by atoms with van der Waals surface area (Å²) in [5.74, 6) is -0.383. The molecule has 1 aromatic rings. The Balaban J connectivity index is 2.02. The fourth-order valence-electron chi connectivity index (χ4n) is 2.76. The molecule has 1 amide bonds. The fraction of sp³-hybridized carbons (Fsp3) is 0.562. The second kappa shape index (κ2) is 8.13. The highest BCUT2D eigenvalue weighted by atomic mass is 79.9. The smallest absolute Gasteiger partial charge is 0.282 e. The summed E-state index contributed by atoms with van der Waals surface area (Å²) >= 11 is 3.37. The van der Waals surface area contributed by atoms with Crippen LogP contribution in [0.3, 0.4) is 0 Å². The van der Waals surface area contributed by atoms with Crippen molar-refractivity contribution >= 4 is 37.7 Å². The summed E-state index contributed by atoms with van der Waals surface area (Å²) in [5, 5.41) is 2.75. The Morgan fingerprint density at radius 3 is 2.52 bits per heavy atom. The second-order valence-electron chi connectivity index (χ2n) is 6.35. The number of rotatable bonds is 5. The van der Waals surface area contributed by atoms with Gasteiger partial charge in [-0.05, 0) is 44.5 Å². The first-order chi connectivity index (χ1) is 11.6. The zero-order valence-electron chi connectivity index (χ0n) is 14.8. The first kappa shape index (κ1) is 20.3. The van der Waals surface area contributed by atoms with Crippen LogP contribution in [-0.4, -0.2) is 61.8 Å². The van der Waals surface area contributed by atoms with E-state index in [4.69, 9.17) is 4.74 Å². The first-order valence-corrected chi connectivity index (χ1v) is 10.2. The van der Waals surface area contributed by atoms with E-state index in [1.54, 1.807) is 6.07 Å². The van der Waals surface area contributed by atoms with Gasteiger partial charge in [0, 0.05) is 30.3 Å². The van der Waals surface area contributed by atoms with Crippen molar-refractivity contribution in [2.24, 2.45) is 0 Å². The Kier molecular flexibility index (Phi) is 6.61. The molecule has 1 fully saturated rings. The Morgan fingerprint density at radius 1 is 1.36 bits per heavy atom. The van der Waals surface area contributed by atoms with Crippen molar-refractivity contribution in [1.82, 2.24) is 8.61 Å². The number of hydrogen-bond donors (Lipinski definition) is 1. The van der Waals surface area contributed by atoms with Crippen molar-refractivity contribution in [2.75, 3.05) is 32.0 Å². The molecule has 1 saturated heterocycles. The topological polar surface area (TPSA) is 79.0 Å². The van der Waals surface area contributed by atoms with E-state index in [0.717, 1.165) is 14.3 Å². The molecule has 7 nitrogen and oxygen atoms in total. The molecule has 9 heteroatoms. The van der Waals surface area contributed by atoms with Crippen LogP contribution in [-0.2, 0) is 19.7 Å². The van der Waals surface area contributed by atoms with Gasteiger partial charge in [-0.3, -0.25) is 4.79 Å². The lowest BCUT2D eigenvalue weighted by atomic mass is 10.2. The predicted molar refractivity (Wildman–Crippen MR) is 101 cm³/mol. The number of benzene rings is 1. The first-order valence-electron chi connectivity index (χ1n) is 8.02. The van der Waals surface area contributed by atoms with Gasteiger partial charge in [-0.2, -0.15) is 17.0 Å². The van der Waals surface area contributed by atoms with Crippen LogP contribution in [0.4, 0.5) is 5.69 Å². The summed E-state index contributed by atoms with van der Waals surface area (Å²) in [6.45, 7) is 5.85. The van der Waals surface area contributed by atoms with E-state index in [2.05, 4.69) is 21.2 Å². The molecule has 1 heterocycles. The number of aryl methyl sites for hydroxylation is 1. The van der Waals surface area contributed by atoms with Crippen LogP contribution in [0.25, 0.3) is 0 Å². The van der Waals surface area contributed by atoms with Crippen LogP contribution in [0.5, 0.6) is 0 Å². The third-order valence-electron chi connectivity index (χ3n) is 3.94. The molecule has 25 heavy (non-hydrogen) atoms. The molecular weight excluding hydrogens is 410 g/mol. The van der Waals surface area contributed by atoms with Gasteiger partial charge in [0.2, 0.25) is 5.91 Å². The Labute approximate surface area is 157 Å². The molecule has 2 rings (SSSR count). The van der Waals surface area contributed by atoms with Crippen molar-refractivity contribution in [2.45, 2.75) is 33.0 Å². The summed E-state index contributed by atoms with van der Waals surface area (Å²) in [6.07, 6.45) is -0.350. The molecule has 0 bridgehead atoms. The highest BCUT2D eigenvalue weighted by Gasteiger charge is 2.34. The molecule has 2 unspecified atom stereocenters. The molecule has 140 valence electrons. The Bertz CT molecular complexity index is 731. The molecule has 0 aliphatic carbocycles. The molecule has 1 aliphatic rings. The standard InChI is InChI=1S/C16H24BrN3O4S/c1-11-7-14(17)5-6-15(11)18-16(21)10-19(4)25(22,23)20-8-12(2)24-13(3)9-20/h5-7,12-13H,8-10H2,1-4H3,(H,18,21). The minimum absolute atomic E-state index is 0.175. The number of hydrogen-bond acceptors (Lipinski definition) is 4. The van der Waals surface area contributed by atoms with Gasteiger partial charge in [0.05, 0.1) is 18.8 Å². The van der Waals surface area contributed by atoms with Gasteiger partial charge in [-0.15, -0.1) is 0 Å². The maximum absolute atomic E-state index is 12.7. The lowest BCUT2D eigenvalue weighted by Crippen LogP contribution is -2.53. The molecule has 0 radical (unpaired) electrons. The monoisotopic (exact) mass is 433 g/mol. The summed E-state index contributed by atoms with van der Waals surface area (Å²) in [6, 6.07) is 5.48. The normalized spacial score (nSPS) is 22.2. The van der Waals surface area contributed by atoms with E-state index >= 15 is 0 Å². The number of halogens is 1. The number of anilines is 1. The highest BCUT2D eigenvalue weighted by Crippen LogP contribution is 2.20. The van der Waals surface area contributed by atoms with Crippen LogP contribution in [0.1, 0.15) is 19.4 Å². The van der Waals surface area contributed by atoms with Gasteiger partial charge in [0.1, 0.15) is 0 Å². The lowest BCUT2D eigenvalue weighted by molar-refractivity contribution is -0.116. The Morgan fingerprint density at radius 2 is 1.96 bits per heavy atom. The largest absolute Gasteiger partial charge is 0.373 e. The summed E-state index contributed by atoms with van der Waals surface area (Å²) in [4.78, 5) is 12.2. The zero-order valence-corrected chi connectivity index (χ0v) is 17.2. The van der Waals surface area contributed by atoms with E-state index in [1.807, 2.05) is 32.9 Å². The molecule has 0 saturated carbocycles. The third-order valence-corrected chi connectivity index (χ3v) is 6.30. The van der Waals surface area contributed by atoms with E-state index in [0.29, 0.717) is 5.69 Å². The summed E-state index contributed by atoms with van der Waals surface area (Å²) in [7, 11) is -2.30. The number of nitrogens with zero attached hydrogens (tertiary/aromatic N) is 2. The van der Waals surface area contributed by atoms with E-state index in [9.17, 15) is 13.2 Å². The average Bonchev–Trinajstić information content (AvgIpc) is 2.49. The quantitative estimate of drug-likeness (QED) is 0.769. The van der Waals surface area contributed by atoms with Crippen molar-refractivity contribution in [3.63, 3.8) is 0 Å². The van der Waals surface area contributed by atoms with Crippen LogP contribution in [0.2, 0.25) is 0 Å². The second-order valence-corrected chi connectivity index (χ2v) is 9.30. The predicted octanol–water partition coefficient (Wildman–Crippen LogP) is 1.98. The van der Waals surface area contributed by atoms with Crippen LogP contribution < -0.4 is 5.32 Å². The van der Waals surface area contributed by atoms with Crippen LogP contribution >= 0.6 is 15.9 Å². The van der Waals surface area contributed by atoms with E-state index in [-0.39, 0.29) is 37.7 Å². The zero-order chi connectivity index (χ0) is 18.8. The molecule has 1 N–H and O–H groups in total. The van der Waals surface area contributed by atoms with Crippen molar-refractivity contribution in [3.8, 4) is 0 Å². The molecule has 1 aromatic carbocycles. The van der Waals surface area contributed by atoms with E-state index in [1.165, 1.54) is 11.4 Å². The van der Waals surface area contributed by atoms with Crippen LogP contribution in [0, 0.1) is 6.92 Å². The number of carbonyl (C=O) groups is 1. The highest BCUT2D eigenvalue weighted by molar-refractivity contribution is 9.10. The lowest BCUT2D eigenvalue weighted by Gasteiger charge is -2.36. The fourth-order valence-corrected chi connectivity index (χ4v) is 4.70. The molecule has 0 spiro atoms. The third kappa shape index (κ3) is 5.24. The number of morpholine rings is 1. The average molecular weight is 434 g/mol. The maximum atomic E-state index is 12.7. The van der Waals surface area contributed by atoms with Crippen LogP contribution in [0.15, 0.2) is 22.7 Å². The minimum Gasteiger partial charge on any atom is -0.373 e. The number of ether oxygens (including phenoxy) is 1. The SMILES string of the molecule is Cc1cc(Br)ccc1NC(=O)CN(C)S(=O)(=O)N1CC(C)OC(C)C1. The van der Waals surface area contributed by atoms with Gasteiger partial charge >= 0.3 is 0 Å².